The number of hydrogen-bond acceptors (Lipinski definition) is 2. The van der Waals surface area contributed by atoms with Crippen LogP contribution in [0.2, 0.25) is 5.02 Å². The van der Waals surface area contributed by atoms with E-state index in [1.807, 2.05) is 31.2 Å². The third-order valence-corrected chi connectivity index (χ3v) is 3.67. The Labute approximate surface area is 146 Å². The van der Waals surface area contributed by atoms with Crippen molar-refractivity contribution in [2.75, 3.05) is 10.6 Å². The summed E-state index contributed by atoms with van der Waals surface area (Å²) in [5.41, 5.74) is 2.22. The molecule has 6 heteroatoms. The molecular formula is C18H20ClN3O2. The van der Waals surface area contributed by atoms with Gasteiger partial charge in [0.25, 0.3) is 0 Å². The van der Waals surface area contributed by atoms with Gasteiger partial charge in [0.2, 0.25) is 5.91 Å². The first-order chi connectivity index (χ1) is 11.4. The van der Waals surface area contributed by atoms with Gasteiger partial charge in [-0.25, -0.2) is 4.79 Å². The Morgan fingerprint density at radius 2 is 1.71 bits per heavy atom. The van der Waals surface area contributed by atoms with E-state index in [9.17, 15) is 9.59 Å². The van der Waals surface area contributed by atoms with E-state index >= 15 is 0 Å². The average molecular weight is 346 g/mol. The fraction of sp³-hybridized carbons (Fsp3) is 0.222. The summed E-state index contributed by atoms with van der Waals surface area (Å²) in [5, 5.41) is 8.98. The number of carbonyl (C=O) groups is 2. The van der Waals surface area contributed by atoms with Crippen molar-refractivity contribution >= 4 is 34.9 Å². The van der Waals surface area contributed by atoms with Gasteiger partial charge in [0.1, 0.15) is 0 Å². The molecule has 2 aromatic carbocycles. The van der Waals surface area contributed by atoms with Gasteiger partial charge in [-0.2, -0.15) is 0 Å². The highest BCUT2D eigenvalue weighted by Crippen LogP contribution is 2.17. The SMILES string of the molecule is CC(=O)Nc1cccc(NC(=O)NC(C)Cc2ccccc2Cl)c1. The van der Waals surface area contributed by atoms with Crippen molar-refractivity contribution in [3.8, 4) is 0 Å². The molecule has 0 spiro atoms. The number of nitrogens with one attached hydrogen (secondary N) is 3. The first-order valence-electron chi connectivity index (χ1n) is 7.62. The van der Waals surface area contributed by atoms with Crippen molar-refractivity contribution in [2.45, 2.75) is 26.3 Å². The third-order valence-electron chi connectivity index (χ3n) is 3.30. The minimum absolute atomic E-state index is 0.0802. The van der Waals surface area contributed by atoms with Crippen molar-refractivity contribution in [1.82, 2.24) is 5.32 Å². The summed E-state index contributed by atoms with van der Waals surface area (Å²) in [4.78, 5) is 23.2. The Balaban J connectivity index is 1.91. The summed E-state index contributed by atoms with van der Waals surface area (Å²) in [6, 6.07) is 14.1. The molecule has 5 nitrogen and oxygen atoms in total. The van der Waals surface area contributed by atoms with Crippen LogP contribution in [-0.2, 0) is 11.2 Å². The molecule has 0 saturated carbocycles. The molecule has 0 saturated heterocycles. The maximum atomic E-state index is 12.1. The monoisotopic (exact) mass is 345 g/mol. The van der Waals surface area contributed by atoms with Crippen LogP contribution in [-0.4, -0.2) is 18.0 Å². The van der Waals surface area contributed by atoms with Gasteiger partial charge in [-0.1, -0.05) is 35.9 Å². The molecule has 2 aromatic rings. The molecule has 0 bridgehead atoms. The highest BCUT2D eigenvalue weighted by molar-refractivity contribution is 6.31. The lowest BCUT2D eigenvalue weighted by Gasteiger charge is -2.16. The summed E-state index contributed by atoms with van der Waals surface area (Å²) < 4.78 is 0. The van der Waals surface area contributed by atoms with E-state index in [1.165, 1.54) is 6.92 Å². The number of halogens is 1. The summed E-state index contributed by atoms with van der Waals surface area (Å²) in [6.45, 7) is 3.35. The van der Waals surface area contributed by atoms with Crippen molar-refractivity contribution in [3.05, 3.63) is 59.1 Å². The lowest BCUT2D eigenvalue weighted by atomic mass is 10.1. The zero-order chi connectivity index (χ0) is 17.5. The number of anilines is 2. The lowest BCUT2D eigenvalue weighted by molar-refractivity contribution is -0.114. The Morgan fingerprint density at radius 1 is 1.04 bits per heavy atom. The van der Waals surface area contributed by atoms with Gasteiger partial charge in [-0.15, -0.1) is 0 Å². The molecular weight excluding hydrogens is 326 g/mol. The molecule has 1 unspecified atom stereocenters. The number of amides is 3. The Morgan fingerprint density at radius 3 is 2.38 bits per heavy atom. The van der Waals surface area contributed by atoms with Crippen LogP contribution in [0.15, 0.2) is 48.5 Å². The Kier molecular flexibility index (Phi) is 6.21. The van der Waals surface area contributed by atoms with E-state index < -0.39 is 0 Å². The fourth-order valence-corrected chi connectivity index (χ4v) is 2.53. The summed E-state index contributed by atoms with van der Waals surface area (Å²) >= 11 is 6.13. The Bertz CT molecular complexity index is 734. The molecule has 24 heavy (non-hydrogen) atoms. The van der Waals surface area contributed by atoms with Gasteiger partial charge in [-0.3, -0.25) is 4.79 Å². The largest absolute Gasteiger partial charge is 0.335 e. The van der Waals surface area contributed by atoms with Crippen LogP contribution < -0.4 is 16.0 Å². The second-order valence-corrected chi connectivity index (χ2v) is 5.96. The molecule has 0 aliphatic rings. The highest BCUT2D eigenvalue weighted by Gasteiger charge is 2.10. The van der Waals surface area contributed by atoms with Crippen LogP contribution in [0.1, 0.15) is 19.4 Å². The molecule has 0 heterocycles. The Hall–Kier alpha value is -2.53. The number of carbonyl (C=O) groups excluding carboxylic acids is 2. The number of benzene rings is 2. The van der Waals surface area contributed by atoms with Crippen molar-refractivity contribution in [3.63, 3.8) is 0 Å². The van der Waals surface area contributed by atoms with E-state index in [-0.39, 0.29) is 18.0 Å². The summed E-state index contributed by atoms with van der Waals surface area (Å²) in [6.07, 6.45) is 0.638. The third kappa shape index (κ3) is 5.59. The molecule has 126 valence electrons. The number of rotatable bonds is 5. The maximum Gasteiger partial charge on any atom is 0.319 e. The van der Waals surface area contributed by atoms with Gasteiger partial charge in [0.05, 0.1) is 0 Å². The van der Waals surface area contributed by atoms with Gasteiger partial charge in [-0.05, 0) is 43.2 Å². The normalized spacial score (nSPS) is 11.5. The quantitative estimate of drug-likeness (QED) is 0.765. The van der Waals surface area contributed by atoms with Crippen LogP contribution in [0.25, 0.3) is 0 Å². The molecule has 2 rings (SSSR count). The van der Waals surface area contributed by atoms with Crippen molar-refractivity contribution in [1.29, 1.82) is 0 Å². The van der Waals surface area contributed by atoms with Gasteiger partial charge in [0.15, 0.2) is 0 Å². The smallest absolute Gasteiger partial charge is 0.319 e. The fourth-order valence-electron chi connectivity index (χ4n) is 2.31. The number of urea groups is 1. The number of hydrogen-bond donors (Lipinski definition) is 3. The lowest BCUT2D eigenvalue weighted by Crippen LogP contribution is -2.37. The van der Waals surface area contributed by atoms with Crippen molar-refractivity contribution < 1.29 is 9.59 Å². The molecule has 1 atom stereocenters. The second kappa shape index (κ2) is 8.36. The van der Waals surface area contributed by atoms with Crippen LogP contribution in [0, 0.1) is 0 Å². The zero-order valence-corrected chi connectivity index (χ0v) is 14.4. The van der Waals surface area contributed by atoms with Gasteiger partial charge >= 0.3 is 6.03 Å². The first kappa shape index (κ1) is 17.8. The molecule has 0 aliphatic carbocycles. The van der Waals surface area contributed by atoms with Crippen LogP contribution >= 0.6 is 11.6 Å². The predicted molar refractivity (Wildman–Crippen MR) is 97.5 cm³/mol. The molecule has 0 radical (unpaired) electrons. The second-order valence-electron chi connectivity index (χ2n) is 5.56. The zero-order valence-electron chi connectivity index (χ0n) is 13.6. The van der Waals surface area contributed by atoms with Gasteiger partial charge in [0, 0.05) is 29.4 Å². The first-order valence-corrected chi connectivity index (χ1v) is 8.00. The standard InChI is InChI=1S/C18H20ClN3O2/c1-12(10-14-6-3-4-9-17(14)19)20-18(24)22-16-8-5-7-15(11-16)21-13(2)23/h3-9,11-12H,10H2,1-2H3,(H,21,23)(H2,20,22,24). The molecule has 0 aromatic heterocycles. The summed E-state index contributed by atoms with van der Waals surface area (Å²) in [7, 11) is 0. The molecule has 0 aliphatic heterocycles. The van der Waals surface area contributed by atoms with E-state index in [0.29, 0.717) is 22.8 Å². The minimum atomic E-state index is -0.311. The average Bonchev–Trinajstić information content (AvgIpc) is 2.49. The van der Waals surface area contributed by atoms with Gasteiger partial charge < -0.3 is 16.0 Å². The summed E-state index contributed by atoms with van der Waals surface area (Å²) in [5.74, 6) is -0.162. The van der Waals surface area contributed by atoms with E-state index in [1.54, 1.807) is 24.3 Å². The topological polar surface area (TPSA) is 70.2 Å². The van der Waals surface area contributed by atoms with E-state index in [4.69, 9.17) is 11.6 Å². The van der Waals surface area contributed by atoms with Crippen LogP contribution in [0.4, 0.5) is 16.2 Å². The minimum Gasteiger partial charge on any atom is -0.335 e. The molecule has 3 N–H and O–H groups in total. The molecule has 3 amide bonds. The van der Waals surface area contributed by atoms with E-state index in [2.05, 4.69) is 16.0 Å². The predicted octanol–water partition coefficient (Wildman–Crippen LogP) is 4.05. The molecule has 0 fully saturated rings. The van der Waals surface area contributed by atoms with Crippen LogP contribution in [0.5, 0.6) is 0 Å². The highest BCUT2D eigenvalue weighted by atomic mass is 35.5. The van der Waals surface area contributed by atoms with Crippen molar-refractivity contribution in [2.24, 2.45) is 0 Å². The van der Waals surface area contributed by atoms with Crippen LogP contribution in [0.3, 0.4) is 0 Å². The maximum absolute atomic E-state index is 12.1. The van der Waals surface area contributed by atoms with E-state index in [0.717, 1.165) is 5.56 Å².